The van der Waals surface area contributed by atoms with Crippen LogP contribution in [0.1, 0.15) is 11.3 Å². The number of aryl methyl sites for hydroxylation is 1. The van der Waals surface area contributed by atoms with Crippen molar-refractivity contribution in [3.05, 3.63) is 22.1 Å². The maximum Gasteiger partial charge on any atom is 0.116 e. The summed E-state index contributed by atoms with van der Waals surface area (Å²) in [5.74, 6) is 0. The molecule has 0 atom stereocenters. The number of nitrogens with zero attached hydrogens (tertiary/aromatic N) is 2. The van der Waals surface area contributed by atoms with Crippen LogP contribution >= 0.6 is 27.5 Å². The molecule has 0 aliphatic carbocycles. The molecule has 5 heteroatoms. The minimum Gasteiger partial charge on any atom is -0.325 e. The van der Waals surface area contributed by atoms with Crippen molar-refractivity contribution in [3.8, 4) is 0 Å². The highest BCUT2D eigenvalue weighted by atomic mass is 79.9. The van der Waals surface area contributed by atoms with E-state index in [4.69, 9.17) is 5.73 Å². The number of aromatic nitrogens is 2. The van der Waals surface area contributed by atoms with Gasteiger partial charge in [-0.25, -0.2) is 4.98 Å². The largest absolute Gasteiger partial charge is 0.325 e. The number of halogens is 1. The fourth-order valence-corrected chi connectivity index (χ4v) is 2.75. The van der Waals surface area contributed by atoms with Crippen molar-refractivity contribution in [2.24, 2.45) is 5.73 Å². The summed E-state index contributed by atoms with van der Waals surface area (Å²) in [4.78, 5) is 4.22. The zero-order valence-electron chi connectivity index (χ0n) is 7.04. The van der Waals surface area contributed by atoms with Crippen molar-refractivity contribution in [2.45, 2.75) is 13.5 Å². The molecule has 2 aromatic heterocycles. The minimum atomic E-state index is 0.462. The van der Waals surface area contributed by atoms with Crippen molar-refractivity contribution >= 4 is 37.5 Å². The normalized spacial score (nSPS) is 11.0. The molecular formula is C8H8BrN3S. The van der Waals surface area contributed by atoms with Gasteiger partial charge in [0.05, 0.1) is 15.8 Å². The lowest BCUT2D eigenvalue weighted by atomic mass is 10.2. The Balaban J connectivity index is 2.87. The Bertz CT molecular complexity index is 452. The highest BCUT2D eigenvalue weighted by Gasteiger charge is 2.10. The second-order valence-corrected chi connectivity index (χ2v) is 4.29. The highest BCUT2D eigenvalue weighted by Crippen LogP contribution is 2.30. The van der Waals surface area contributed by atoms with Gasteiger partial charge in [-0.3, -0.25) is 0 Å². The molecule has 2 heterocycles. The highest BCUT2D eigenvalue weighted by molar-refractivity contribution is 9.10. The van der Waals surface area contributed by atoms with E-state index in [2.05, 4.69) is 25.3 Å². The lowest BCUT2D eigenvalue weighted by Gasteiger charge is -1.97. The molecule has 0 saturated carbocycles. The Hall–Kier alpha value is -0.520. The van der Waals surface area contributed by atoms with Crippen molar-refractivity contribution in [3.63, 3.8) is 0 Å². The molecule has 2 aromatic rings. The van der Waals surface area contributed by atoms with Gasteiger partial charge in [0, 0.05) is 12.7 Å². The predicted molar refractivity (Wildman–Crippen MR) is 57.7 cm³/mol. The van der Waals surface area contributed by atoms with Crippen LogP contribution in [0.2, 0.25) is 0 Å². The number of nitrogens with two attached hydrogens (primary N) is 1. The first-order valence-electron chi connectivity index (χ1n) is 3.83. The lowest BCUT2D eigenvalue weighted by Crippen LogP contribution is -1.97. The maximum absolute atomic E-state index is 5.57. The Kier molecular flexibility index (Phi) is 2.31. The van der Waals surface area contributed by atoms with Gasteiger partial charge in [-0.05, 0) is 39.9 Å². The maximum atomic E-state index is 5.57. The SMILES string of the molecule is Cc1cnc(Br)c2c(CN)nsc12. The summed E-state index contributed by atoms with van der Waals surface area (Å²) >= 11 is 4.88. The van der Waals surface area contributed by atoms with Crippen molar-refractivity contribution in [1.29, 1.82) is 0 Å². The van der Waals surface area contributed by atoms with Crippen LogP contribution in [0.4, 0.5) is 0 Å². The Morgan fingerprint density at radius 3 is 3.08 bits per heavy atom. The van der Waals surface area contributed by atoms with Crippen LogP contribution in [0.5, 0.6) is 0 Å². The van der Waals surface area contributed by atoms with E-state index in [0.29, 0.717) is 6.54 Å². The second kappa shape index (κ2) is 3.32. The molecule has 0 spiro atoms. The van der Waals surface area contributed by atoms with Gasteiger partial charge >= 0.3 is 0 Å². The van der Waals surface area contributed by atoms with Crippen molar-refractivity contribution < 1.29 is 0 Å². The van der Waals surface area contributed by atoms with Crippen LogP contribution < -0.4 is 5.73 Å². The van der Waals surface area contributed by atoms with Crippen LogP contribution in [-0.2, 0) is 6.54 Å². The third-order valence-electron chi connectivity index (χ3n) is 1.89. The van der Waals surface area contributed by atoms with Crippen molar-refractivity contribution in [2.75, 3.05) is 0 Å². The zero-order valence-corrected chi connectivity index (χ0v) is 9.44. The van der Waals surface area contributed by atoms with E-state index in [-0.39, 0.29) is 0 Å². The average molecular weight is 258 g/mol. The molecule has 0 saturated heterocycles. The predicted octanol–water partition coefficient (Wildman–Crippen LogP) is 2.22. The molecule has 0 aliphatic rings. The Labute approximate surface area is 88.3 Å². The van der Waals surface area contributed by atoms with Gasteiger partial charge < -0.3 is 5.73 Å². The summed E-state index contributed by atoms with van der Waals surface area (Å²) in [6, 6.07) is 0. The molecule has 2 rings (SSSR count). The van der Waals surface area contributed by atoms with E-state index in [1.54, 1.807) is 0 Å². The first kappa shape index (κ1) is 9.05. The van der Waals surface area contributed by atoms with Gasteiger partial charge in [0.2, 0.25) is 0 Å². The monoisotopic (exact) mass is 257 g/mol. The van der Waals surface area contributed by atoms with E-state index >= 15 is 0 Å². The number of fused-ring (bicyclic) bond motifs is 1. The Morgan fingerprint density at radius 1 is 1.62 bits per heavy atom. The smallest absolute Gasteiger partial charge is 0.116 e. The van der Waals surface area contributed by atoms with E-state index in [1.165, 1.54) is 16.2 Å². The standard InChI is InChI=1S/C8H8BrN3S/c1-4-3-11-8(9)6-5(2-10)12-13-7(4)6/h3H,2,10H2,1H3. The van der Waals surface area contributed by atoms with Crippen LogP contribution in [0.25, 0.3) is 10.1 Å². The quantitative estimate of drug-likeness (QED) is 0.798. The molecule has 0 amide bonds. The lowest BCUT2D eigenvalue weighted by molar-refractivity contribution is 1.04. The van der Waals surface area contributed by atoms with E-state index in [0.717, 1.165) is 21.2 Å². The van der Waals surface area contributed by atoms with Crippen LogP contribution in [-0.4, -0.2) is 9.36 Å². The second-order valence-electron chi connectivity index (χ2n) is 2.77. The summed E-state index contributed by atoms with van der Waals surface area (Å²) < 4.78 is 6.29. The minimum absolute atomic E-state index is 0.462. The van der Waals surface area contributed by atoms with Gasteiger partial charge in [-0.1, -0.05) is 0 Å². The molecule has 3 nitrogen and oxygen atoms in total. The fraction of sp³-hybridized carbons (Fsp3) is 0.250. The molecule has 0 bridgehead atoms. The summed E-state index contributed by atoms with van der Waals surface area (Å²) in [6.07, 6.45) is 1.84. The fourth-order valence-electron chi connectivity index (χ4n) is 1.22. The molecular weight excluding hydrogens is 250 g/mol. The van der Waals surface area contributed by atoms with Gasteiger partial charge in [-0.15, -0.1) is 0 Å². The molecule has 2 N–H and O–H groups in total. The summed E-state index contributed by atoms with van der Waals surface area (Å²) in [7, 11) is 0. The molecule has 68 valence electrons. The molecule has 13 heavy (non-hydrogen) atoms. The molecule has 0 aliphatic heterocycles. The topological polar surface area (TPSA) is 51.8 Å². The third-order valence-corrected chi connectivity index (χ3v) is 3.51. The number of rotatable bonds is 1. The van der Waals surface area contributed by atoms with Crippen molar-refractivity contribution in [1.82, 2.24) is 9.36 Å². The molecule has 0 fully saturated rings. The van der Waals surface area contributed by atoms with Crippen LogP contribution in [0.15, 0.2) is 10.8 Å². The zero-order chi connectivity index (χ0) is 9.42. The summed E-state index contributed by atoms with van der Waals surface area (Å²) in [6.45, 7) is 2.49. The van der Waals surface area contributed by atoms with Gasteiger partial charge in [0.15, 0.2) is 0 Å². The van der Waals surface area contributed by atoms with E-state index in [9.17, 15) is 0 Å². The number of hydrogen-bond acceptors (Lipinski definition) is 4. The van der Waals surface area contributed by atoms with Gasteiger partial charge in [-0.2, -0.15) is 4.37 Å². The molecule has 0 unspecified atom stereocenters. The summed E-state index contributed by atoms with van der Waals surface area (Å²) in [5.41, 5.74) is 7.64. The Morgan fingerprint density at radius 2 is 2.38 bits per heavy atom. The van der Waals surface area contributed by atoms with Crippen LogP contribution in [0, 0.1) is 6.92 Å². The molecule has 0 aromatic carbocycles. The van der Waals surface area contributed by atoms with Crippen LogP contribution in [0.3, 0.4) is 0 Å². The molecule has 0 radical (unpaired) electrons. The van der Waals surface area contributed by atoms with E-state index in [1.807, 2.05) is 13.1 Å². The average Bonchev–Trinajstić information content (AvgIpc) is 2.56. The van der Waals surface area contributed by atoms with E-state index < -0.39 is 0 Å². The third kappa shape index (κ3) is 1.37. The number of hydrogen-bond donors (Lipinski definition) is 1. The summed E-state index contributed by atoms with van der Waals surface area (Å²) in [5, 5.41) is 1.06. The van der Waals surface area contributed by atoms with Gasteiger partial charge in [0.25, 0.3) is 0 Å². The van der Waals surface area contributed by atoms with Gasteiger partial charge in [0.1, 0.15) is 4.60 Å². The first-order chi connectivity index (χ1) is 6.24. The number of pyridine rings is 1. The first-order valence-corrected chi connectivity index (χ1v) is 5.40.